The number of rotatable bonds is 7. The first-order valence-corrected chi connectivity index (χ1v) is 11.2. The Labute approximate surface area is 194 Å². The summed E-state index contributed by atoms with van der Waals surface area (Å²) < 4.78 is 2.12. The quantitative estimate of drug-likeness (QED) is 0.217. The monoisotopic (exact) mass is 468 g/mol. The second-order valence-electron chi connectivity index (χ2n) is 6.70. The maximum Gasteiger partial charge on any atom is 0.250 e. The van der Waals surface area contributed by atoms with Crippen molar-refractivity contribution in [2.75, 3.05) is 5.75 Å². The molecule has 0 aliphatic carbocycles. The van der Waals surface area contributed by atoms with Gasteiger partial charge in [-0.25, -0.2) is 10.4 Å². The van der Waals surface area contributed by atoms with Gasteiger partial charge in [0.1, 0.15) is 0 Å². The first-order valence-electron chi connectivity index (χ1n) is 9.49. The van der Waals surface area contributed by atoms with E-state index >= 15 is 0 Å². The van der Waals surface area contributed by atoms with Crippen molar-refractivity contribution in [3.05, 3.63) is 94.0 Å². The number of imidazole rings is 1. The van der Waals surface area contributed by atoms with E-state index in [0.29, 0.717) is 22.2 Å². The van der Waals surface area contributed by atoms with E-state index in [2.05, 4.69) is 27.2 Å². The third-order valence-corrected chi connectivity index (χ3v) is 6.03. The lowest BCUT2D eigenvalue weighted by molar-refractivity contribution is -0.118. The first-order chi connectivity index (χ1) is 15.1. The Hall–Kier alpha value is -2.80. The van der Waals surface area contributed by atoms with Crippen LogP contribution in [0.15, 0.2) is 83.1 Å². The molecule has 0 spiro atoms. The van der Waals surface area contributed by atoms with Crippen LogP contribution in [0.5, 0.6) is 0 Å². The van der Waals surface area contributed by atoms with Gasteiger partial charge in [-0.15, -0.1) is 0 Å². The molecule has 156 valence electrons. The second kappa shape index (κ2) is 10.0. The van der Waals surface area contributed by atoms with Gasteiger partial charge in [0.15, 0.2) is 5.16 Å². The summed E-state index contributed by atoms with van der Waals surface area (Å²) in [6, 6.07) is 23.2. The average molecular weight is 469 g/mol. The Morgan fingerprint density at radius 1 is 1.06 bits per heavy atom. The molecule has 0 fully saturated rings. The molecule has 0 aliphatic rings. The summed E-state index contributed by atoms with van der Waals surface area (Å²) in [5.74, 6) is -0.0475. The molecule has 1 heterocycles. The number of fused-ring (bicyclic) bond motifs is 1. The number of carbonyl (C=O) groups excluding carboxylic acids is 1. The predicted molar refractivity (Wildman–Crippen MR) is 128 cm³/mol. The van der Waals surface area contributed by atoms with E-state index in [-0.39, 0.29) is 11.7 Å². The molecule has 4 aromatic rings. The molecule has 0 aliphatic heterocycles. The van der Waals surface area contributed by atoms with Gasteiger partial charge in [0, 0.05) is 10.6 Å². The van der Waals surface area contributed by atoms with Crippen LogP contribution >= 0.6 is 35.0 Å². The summed E-state index contributed by atoms with van der Waals surface area (Å²) in [5, 5.41) is 5.78. The van der Waals surface area contributed by atoms with Crippen LogP contribution in [0.1, 0.15) is 11.1 Å². The highest BCUT2D eigenvalue weighted by molar-refractivity contribution is 7.99. The van der Waals surface area contributed by atoms with Gasteiger partial charge in [-0.05, 0) is 29.8 Å². The summed E-state index contributed by atoms with van der Waals surface area (Å²) in [6.07, 6.45) is 1.49. The van der Waals surface area contributed by atoms with E-state index in [0.717, 1.165) is 16.2 Å². The van der Waals surface area contributed by atoms with Crippen molar-refractivity contribution >= 4 is 58.1 Å². The Balaban J connectivity index is 1.44. The first kappa shape index (κ1) is 21.4. The van der Waals surface area contributed by atoms with Gasteiger partial charge in [0.25, 0.3) is 5.91 Å². The second-order valence-corrected chi connectivity index (χ2v) is 8.49. The van der Waals surface area contributed by atoms with Crippen molar-refractivity contribution in [1.29, 1.82) is 0 Å². The van der Waals surface area contributed by atoms with Crippen molar-refractivity contribution in [3.63, 3.8) is 0 Å². The fraction of sp³-hybridized carbons (Fsp3) is 0.0870. The number of para-hydroxylation sites is 2. The van der Waals surface area contributed by atoms with Crippen LogP contribution in [0, 0.1) is 0 Å². The lowest BCUT2D eigenvalue weighted by Gasteiger charge is -2.09. The van der Waals surface area contributed by atoms with Crippen LogP contribution in [-0.4, -0.2) is 27.4 Å². The van der Waals surface area contributed by atoms with Crippen LogP contribution in [0.3, 0.4) is 0 Å². The van der Waals surface area contributed by atoms with Gasteiger partial charge in [-0.1, -0.05) is 83.5 Å². The maximum absolute atomic E-state index is 12.3. The number of thioether (sulfide) groups is 1. The van der Waals surface area contributed by atoms with Gasteiger partial charge >= 0.3 is 0 Å². The van der Waals surface area contributed by atoms with Gasteiger partial charge in [-0.2, -0.15) is 5.10 Å². The number of hydrazone groups is 1. The van der Waals surface area contributed by atoms with E-state index in [1.54, 1.807) is 18.2 Å². The van der Waals surface area contributed by atoms with Gasteiger partial charge in [0.2, 0.25) is 0 Å². The zero-order valence-electron chi connectivity index (χ0n) is 16.3. The van der Waals surface area contributed by atoms with E-state index in [1.807, 2.05) is 42.5 Å². The van der Waals surface area contributed by atoms with E-state index in [9.17, 15) is 4.79 Å². The molecule has 0 saturated carbocycles. The fourth-order valence-corrected chi connectivity index (χ4v) is 4.29. The topological polar surface area (TPSA) is 59.3 Å². The van der Waals surface area contributed by atoms with E-state index in [1.165, 1.54) is 23.5 Å². The SMILES string of the molecule is O=C(CSc1nc2ccccc2n1Cc1ccccc1)NN=Cc1ccc(Cl)cc1Cl. The minimum Gasteiger partial charge on any atom is -0.314 e. The summed E-state index contributed by atoms with van der Waals surface area (Å²) in [4.78, 5) is 17.0. The van der Waals surface area contributed by atoms with Crippen molar-refractivity contribution in [2.24, 2.45) is 5.10 Å². The number of hydrogen-bond donors (Lipinski definition) is 1. The molecule has 4 rings (SSSR count). The Kier molecular flexibility index (Phi) is 6.92. The highest BCUT2D eigenvalue weighted by Gasteiger charge is 2.13. The molecule has 8 heteroatoms. The Morgan fingerprint density at radius 3 is 2.65 bits per heavy atom. The minimum absolute atomic E-state index is 0.184. The zero-order chi connectivity index (χ0) is 21.6. The van der Waals surface area contributed by atoms with Crippen molar-refractivity contribution in [2.45, 2.75) is 11.7 Å². The van der Waals surface area contributed by atoms with Gasteiger partial charge in [0.05, 0.1) is 34.6 Å². The van der Waals surface area contributed by atoms with E-state index in [4.69, 9.17) is 28.2 Å². The number of aromatic nitrogens is 2. The lowest BCUT2D eigenvalue weighted by atomic mass is 10.2. The molecular formula is C23H18Cl2N4OS. The number of nitrogens with zero attached hydrogens (tertiary/aromatic N) is 3. The molecule has 0 saturated heterocycles. The molecule has 3 aromatic carbocycles. The van der Waals surface area contributed by atoms with Crippen molar-refractivity contribution in [3.8, 4) is 0 Å². The zero-order valence-corrected chi connectivity index (χ0v) is 18.7. The highest BCUT2D eigenvalue weighted by atomic mass is 35.5. The van der Waals surface area contributed by atoms with E-state index < -0.39 is 0 Å². The largest absolute Gasteiger partial charge is 0.314 e. The minimum atomic E-state index is -0.232. The number of halogens is 2. The number of nitrogens with one attached hydrogen (secondary N) is 1. The molecule has 1 aromatic heterocycles. The maximum atomic E-state index is 12.3. The number of amides is 1. The van der Waals surface area contributed by atoms with Crippen molar-refractivity contribution in [1.82, 2.24) is 15.0 Å². The molecular weight excluding hydrogens is 451 g/mol. The summed E-state index contributed by atoms with van der Waals surface area (Å²) in [6.45, 7) is 0.679. The molecule has 0 radical (unpaired) electrons. The summed E-state index contributed by atoms with van der Waals surface area (Å²) in [5.41, 5.74) is 6.30. The van der Waals surface area contributed by atoms with Crippen molar-refractivity contribution < 1.29 is 4.79 Å². The molecule has 1 N–H and O–H groups in total. The molecule has 1 amide bonds. The predicted octanol–water partition coefficient (Wildman–Crippen LogP) is 5.63. The summed E-state index contributed by atoms with van der Waals surface area (Å²) in [7, 11) is 0. The molecule has 0 unspecified atom stereocenters. The third kappa shape index (κ3) is 5.47. The van der Waals surface area contributed by atoms with Crippen LogP contribution < -0.4 is 5.43 Å². The third-order valence-electron chi connectivity index (χ3n) is 4.49. The van der Waals surface area contributed by atoms with Crippen LogP contribution in [0.4, 0.5) is 0 Å². The standard InChI is InChI=1S/C23H18Cl2N4OS/c24-18-11-10-17(19(25)12-18)13-26-28-22(30)15-31-23-27-20-8-4-5-9-21(20)29(23)14-16-6-2-1-3-7-16/h1-13H,14-15H2,(H,28,30). The molecule has 31 heavy (non-hydrogen) atoms. The van der Waals surface area contributed by atoms with Gasteiger partial charge in [-0.3, -0.25) is 4.79 Å². The van der Waals surface area contributed by atoms with Crippen LogP contribution in [0.25, 0.3) is 11.0 Å². The number of carbonyl (C=O) groups is 1. The van der Waals surface area contributed by atoms with Crippen LogP contribution in [-0.2, 0) is 11.3 Å². The molecule has 0 bridgehead atoms. The molecule has 5 nitrogen and oxygen atoms in total. The normalized spacial score (nSPS) is 11.3. The smallest absolute Gasteiger partial charge is 0.250 e. The average Bonchev–Trinajstić information content (AvgIpc) is 3.12. The van der Waals surface area contributed by atoms with Gasteiger partial charge < -0.3 is 4.57 Å². The highest BCUT2D eigenvalue weighted by Crippen LogP contribution is 2.25. The fourth-order valence-electron chi connectivity index (χ4n) is 3.02. The Bertz CT molecular complexity index is 1240. The summed E-state index contributed by atoms with van der Waals surface area (Å²) >= 11 is 13.4. The van der Waals surface area contributed by atoms with Crippen LogP contribution in [0.2, 0.25) is 10.0 Å². The number of benzene rings is 3. The number of hydrogen-bond acceptors (Lipinski definition) is 4. The Morgan fingerprint density at radius 2 is 1.84 bits per heavy atom. The molecule has 0 atom stereocenters. The lowest BCUT2D eigenvalue weighted by Crippen LogP contribution is -2.20.